The fraction of sp³-hybridized carbons (Fsp3) is 0.235. The fourth-order valence-electron chi connectivity index (χ4n) is 2.09. The van der Waals surface area contributed by atoms with Crippen molar-refractivity contribution in [2.75, 3.05) is 19.5 Å². The minimum atomic E-state index is 0.694. The summed E-state index contributed by atoms with van der Waals surface area (Å²) in [6.45, 7) is 0.694. The summed E-state index contributed by atoms with van der Waals surface area (Å²) < 4.78 is 10.8. The van der Waals surface area contributed by atoms with E-state index in [1.165, 1.54) is 0 Å². The van der Waals surface area contributed by atoms with Crippen LogP contribution in [-0.4, -0.2) is 29.4 Å². The van der Waals surface area contributed by atoms with Crippen molar-refractivity contribution in [3.63, 3.8) is 0 Å². The Hall–Kier alpha value is -2.14. The van der Waals surface area contributed by atoms with E-state index in [1.54, 1.807) is 18.9 Å². The van der Waals surface area contributed by atoms with Gasteiger partial charge in [-0.25, -0.2) is 4.98 Å². The van der Waals surface area contributed by atoms with Gasteiger partial charge in [0.15, 0.2) is 5.16 Å². The lowest BCUT2D eigenvalue weighted by Crippen LogP contribution is -1.98. The molecule has 0 saturated heterocycles. The van der Waals surface area contributed by atoms with E-state index < -0.39 is 0 Å². The Labute approximate surface area is 133 Å². The number of aromatic amines is 1. The molecule has 0 fully saturated rings. The van der Waals surface area contributed by atoms with Crippen LogP contribution in [0.1, 0.15) is 6.42 Å². The minimum absolute atomic E-state index is 0.694. The van der Waals surface area contributed by atoms with Gasteiger partial charge in [0.25, 0.3) is 0 Å². The summed E-state index contributed by atoms with van der Waals surface area (Å²) in [5, 5.41) is 0.964. The molecule has 0 unspecified atom stereocenters. The Bertz CT molecular complexity index is 692. The first kappa shape index (κ1) is 14.8. The van der Waals surface area contributed by atoms with Crippen molar-refractivity contribution in [3.8, 4) is 11.5 Å². The fourth-order valence-corrected chi connectivity index (χ4v) is 2.89. The number of hydrogen-bond acceptors (Lipinski definition) is 4. The molecule has 0 amide bonds. The quantitative estimate of drug-likeness (QED) is 0.526. The van der Waals surface area contributed by atoms with Gasteiger partial charge in [0.1, 0.15) is 11.5 Å². The second-order valence-corrected chi connectivity index (χ2v) is 5.87. The highest BCUT2D eigenvalue weighted by molar-refractivity contribution is 7.99. The molecule has 2 aromatic carbocycles. The first-order chi connectivity index (χ1) is 10.8. The van der Waals surface area contributed by atoms with Crippen molar-refractivity contribution >= 4 is 22.8 Å². The summed E-state index contributed by atoms with van der Waals surface area (Å²) in [4.78, 5) is 7.85. The van der Waals surface area contributed by atoms with Gasteiger partial charge in [-0.3, -0.25) is 0 Å². The molecule has 0 radical (unpaired) electrons. The number of imidazole rings is 1. The molecule has 1 aromatic heterocycles. The molecule has 1 N–H and O–H groups in total. The van der Waals surface area contributed by atoms with E-state index in [0.29, 0.717) is 6.61 Å². The Morgan fingerprint density at radius 3 is 2.59 bits per heavy atom. The lowest BCUT2D eigenvalue weighted by atomic mass is 10.3. The van der Waals surface area contributed by atoms with Crippen LogP contribution in [0.2, 0.25) is 0 Å². The van der Waals surface area contributed by atoms with Crippen LogP contribution in [0.4, 0.5) is 0 Å². The summed E-state index contributed by atoms with van der Waals surface area (Å²) in [6, 6.07) is 15.7. The smallest absolute Gasteiger partial charge is 0.166 e. The number of para-hydroxylation sites is 2. The van der Waals surface area contributed by atoms with Gasteiger partial charge in [0.05, 0.1) is 24.8 Å². The molecule has 0 aliphatic heterocycles. The Morgan fingerprint density at radius 1 is 1.05 bits per heavy atom. The summed E-state index contributed by atoms with van der Waals surface area (Å²) >= 11 is 1.72. The molecule has 0 aliphatic carbocycles. The highest BCUT2D eigenvalue weighted by Gasteiger charge is 2.02. The molecule has 22 heavy (non-hydrogen) atoms. The Kier molecular flexibility index (Phi) is 4.85. The molecule has 4 nitrogen and oxygen atoms in total. The zero-order valence-electron chi connectivity index (χ0n) is 12.4. The van der Waals surface area contributed by atoms with Crippen molar-refractivity contribution in [2.24, 2.45) is 0 Å². The number of fused-ring (bicyclic) bond motifs is 1. The molecule has 1 heterocycles. The molecular weight excluding hydrogens is 296 g/mol. The van der Waals surface area contributed by atoms with Crippen molar-refractivity contribution in [2.45, 2.75) is 11.6 Å². The molecule has 0 atom stereocenters. The van der Waals surface area contributed by atoms with E-state index in [9.17, 15) is 0 Å². The third-order valence-electron chi connectivity index (χ3n) is 3.22. The van der Waals surface area contributed by atoms with Gasteiger partial charge in [-0.15, -0.1) is 0 Å². The molecule has 5 heteroatoms. The van der Waals surface area contributed by atoms with Crippen LogP contribution in [0, 0.1) is 0 Å². The Balaban J connectivity index is 1.41. The van der Waals surface area contributed by atoms with Crippen LogP contribution in [0.25, 0.3) is 11.0 Å². The van der Waals surface area contributed by atoms with E-state index in [4.69, 9.17) is 9.47 Å². The number of hydrogen-bond donors (Lipinski definition) is 1. The molecule has 3 aromatic rings. The number of aromatic nitrogens is 2. The topological polar surface area (TPSA) is 47.1 Å². The molecule has 0 aliphatic rings. The van der Waals surface area contributed by atoms with Gasteiger partial charge in [-0.05, 0) is 42.8 Å². The number of ether oxygens (including phenoxy) is 2. The van der Waals surface area contributed by atoms with E-state index in [0.717, 1.165) is 39.9 Å². The van der Waals surface area contributed by atoms with Crippen LogP contribution in [0.15, 0.2) is 53.7 Å². The number of benzene rings is 2. The monoisotopic (exact) mass is 314 g/mol. The van der Waals surface area contributed by atoms with Gasteiger partial charge in [0, 0.05) is 5.75 Å². The largest absolute Gasteiger partial charge is 0.497 e. The van der Waals surface area contributed by atoms with E-state index in [-0.39, 0.29) is 0 Å². The maximum absolute atomic E-state index is 5.70. The highest BCUT2D eigenvalue weighted by atomic mass is 32.2. The first-order valence-corrected chi connectivity index (χ1v) is 8.18. The van der Waals surface area contributed by atoms with Crippen LogP contribution in [0.3, 0.4) is 0 Å². The van der Waals surface area contributed by atoms with Gasteiger partial charge in [-0.1, -0.05) is 23.9 Å². The normalized spacial score (nSPS) is 10.8. The summed E-state index contributed by atoms with van der Waals surface area (Å²) in [6.07, 6.45) is 0.966. The van der Waals surface area contributed by atoms with E-state index >= 15 is 0 Å². The first-order valence-electron chi connectivity index (χ1n) is 7.19. The molecule has 0 bridgehead atoms. The van der Waals surface area contributed by atoms with Crippen LogP contribution in [0.5, 0.6) is 11.5 Å². The second kappa shape index (κ2) is 7.22. The minimum Gasteiger partial charge on any atom is -0.497 e. The molecule has 0 spiro atoms. The van der Waals surface area contributed by atoms with Crippen molar-refractivity contribution in [1.82, 2.24) is 9.97 Å². The zero-order chi connectivity index (χ0) is 15.2. The number of nitrogens with zero attached hydrogens (tertiary/aromatic N) is 1. The average Bonchev–Trinajstić information content (AvgIpc) is 2.98. The average molecular weight is 314 g/mol. The molecule has 3 rings (SSSR count). The SMILES string of the molecule is COc1ccc(OCCCSc2nc3ccccc3[nH]2)cc1. The van der Waals surface area contributed by atoms with Gasteiger partial charge >= 0.3 is 0 Å². The number of rotatable bonds is 7. The van der Waals surface area contributed by atoms with Crippen LogP contribution in [-0.2, 0) is 0 Å². The van der Waals surface area contributed by atoms with Crippen molar-refractivity contribution in [1.29, 1.82) is 0 Å². The van der Waals surface area contributed by atoms with E-state index in [1.807, 2.05) is 48.5 Å². The van der Waals surface area contributed by atoms with Gasteiger partial charge < -0.3 is 14.5 Å². The standard InChI is InChI=1S/C17H18N2O2S/c1-20-13-7-9-14(10-8-13)21-11-4-12-22-17-18-15-5-2-3-6-16(15)19-17/h2-3,5-10H,4,11-12H2,1H3,(H,18,19). The molecule has 114 valence electrons. The maximum Gasteiger partial charge on any atom is 0.166 e. The maximum atomic E-state index is 5.70. The van der Waals surface area contributed by atoms with Crippen LogP contribution >= 0.6 is 11.8 Å². The lowest BCUT2D eigenvalue weighted by Gasteiger charge is -2.06. The molecular formula is C17H18N2O2S. The van der Waals surface area contributed by atoms with Gasteiger partial charge in [0.2, 0.25) is 0 Å². The Morgan fingerprint density at radius 2 is 1.82 bits per heavy atom. The van der Waals surface area contributed by atoms with Crippen molar-refractivity contribution in [3.05, 3.63) is 48.5 Å². The number of H-pyrrole nitrogens is 1. The number of nitrogens with one attached hydrogen (secondary N) is 1. The summed E-state index contributed by atoms with van der Waals surface area (Å²) in [7, 11) is 1.66. The third-order valence-corrected chi connectivity index (χ3v) is 4.18. The third kappa shape index (κ3) is 3.74. The summed E-state index contributed by atoms with van der Waals surface area (Å²) in [5.41, 5.74) is 2.10. The number of thioether (sulfide) groups is 1. The lowest BCUT2D eigenvalue weighted by molar-refractivity contribution is 0.318. The molecule has 0 saturated carbocycles. The van der Waals surface area contributed by atoms with Gasteiger partial charge in [-0.2, -0.15) is 0 Å². The highest BCUT2D eigenvalue weighted by Crippen LogP contribution is 2.20. The predicted molar refractivity (Wildman–Crippen MR) is 89.9 cm³/mol. The van der Waals surface area contributed by atoms with E-state index in [2.05, 4.69) is 9.97 Å². The summed E-state index contributed by atoms with van der Waals surface area (Å²) in [5.74, 6) is 2.68. The predicted octanol–water partition coefficient (Wildman–Crippen LogP) is 4.13. The van der Waals surface area contributed by atoms with Crippen molar-refractivity contribution < 1.29 is 9.47 Å². The number of methoxy groups -OCH3 is 1. The second-order valence-electron chi connectivity index (χ2n) is 4.79. The zero-order valence-corrected chi connectivity index (χ0v) is 13.2. The van der Waals surface area contributed by atoms with Crippen LogP contribution < -0.4 is 9.47 Å².